The molecule has 0 amide bonds. The Bertz CT molecular complexity index is 2890. The first-order valence-corrected chi connectivity index (χ1v) is 18.6. The van der Waals surface area contributed by atoms with E-state index >= 15 is 0 Å². The topological polar surface area (TPSA) is 3.24 Å². The molecule has 0 bridgehead atoms. The molecule has 0 N–H and O–H groups in total. The smallest absolute Gasteiger partial charge is 0.0640 e. The van der Waals surface area contributed by atoms with Gasteiger partial charge in [0.15, 0.2) is 0 Å². The van der Waals surface area contributed by atoms with Gasteiger partial charge in [-0.3, -0.25) is 0 Å². The molecule has 0 atom stereocenters. The van der Waals surface area contributed by atoms with E-state index in [2.05, 4.69) is 205 Å². The highest BCUT2D eigenvalue weighted by atomic mass is 32.1. The van der Waals surface area contributed by atoms with E-state index in [1.54, 1.807) is 0 Å². The van der Waals surface area contributed by atoms with Crippen LogP contribution in [0.25, 0.3) is 75.1 Å². The molecule has 0 spiro atoms. The molecule has 0 aliphatic heterocycles. The average molecular weight is 680 g/mol. The van der Waals surface area contributed by atoms with Crippen LogP contribution in [0.3, 0.4) is 0 Å². The van der Waals surface area contributed by atoms with E-state index in [1.807, 2.05) is 11.3 Å². The molecule has 0 saturated heterocycles. The lowest BCUT2D eigenvalue weighted by Crippen LogP contribution is -2.11. The zero-order valence-corrected chi connectivity index (χ0v) is 29.2. The van der Waals surface area contributed by atoms with Crippen molar-refractivity contribution in [1.82, 2.24) is 0 Å². The van der Waals surface area contributed by atoms with Gasteiger partial charge in [-0.25, -0.2) is 0 Å². The minimum Gasteiger partial charge on any atom is -0.308 e. The number of hydrogen-bond acceptors (Lipinski definition) is 2. The molecule has 0 unspecified atom stereocenters. The quantitative estimate of drug-likeness (QED) is 0.158. The average Bonchev–Trinajstić information content (AvgIpc) is 3.61. The van der Waals surface area contributed by atoms with Crippen molar-refractivity contribution < 1.29 is 0 Å². The molecule has 52 heavy (non-hydrogen) atoms. The van der Waals surface area contributed by atoms with Crippen LogP contribution < -0.4 is 4.90 Å². The monoisotopic (exact) mass is 679 g/mol. The fourth-order valence-electron chi connectivity index (χ4n) is 7.79. The molecule has 10 rings (SSSR count). The van der Waals surface area contributed by atoms with Crippen molar-refractivity contribution in [3.63, 3.8) is 0 Å². The fourth-order valence-corrected chi connectivity index (χ4v) is 9.00. The Morgan fingerprint density at radius 3 is 1.71 bits per heavy atom. The Balaban J connectivity index is 1.27. The van der Waals surface area contributed by atoms with Crippen LogP contribution in [-0.4, -0.2) is 0 Å². The second kappa shape index (κ2) is 12.7. The number of benzene rings is 9. The Morgan fingerprint density at radius 2 is 0.923 bits per heavy atom. The first-order valence-electron chi connectivity index (χ1n) is 17.8. The molecule has 0 radical (unpaired) electrons. The first kappa shape index (κ1) is 30.4. The Hall–Kier alpha value is -6.48. The van der Waals surface area contributed by atoms with E-state index in [0.29, 0.717) is 0 Å². The lowest BCUT2D eigenvalue weighted by Gasteiger charge is -2.29. The van der Waals surface area contributed by atoms with Gasteiger partial charge in [0.2, 0.25) is 0 Å². The molecular formula is C50H33NS. The van der Waals surface area contributed by atoms with Crippen molar-refractivity contribution in [3.8, 4) is 33.4 Å². The summed E-state index contributed by atoms with van der Waals surface area (Å²) in [5, 5.41) is 7.62. The number of fused-ring (bicyclic) bond motifs is 6. The highest BCUT2D eigenvalue weighted by molar-refractivity contribution is 7.26. The second-order valence-corrected chi connectivity index (χ2v) is 14.3. The standard InChI is InChI=1S/C50H33NS/c1-3-14-34(15-4-1)35-26-29-39(30-27-35)51(47-24-13-23-45-44-22-11-12-25-49(44)52-50(45)47)48-33-38(28-31-41(48)36-16-5-2-6-17-36)46-32-37-18-7-8-19-40(37)42-20-9-10-21-43(42)46/h1-33H. The minimum atomic E-state index is 1.11. The predicted octanol–water partition coefficient (Wildman–Crippen LogP) is 14.8. The molecule has 244 valence electrons. The summed E-state index contributed by atoms with van der Waals surface area (Å²) in [6.07, 6.45) is 0. The van der Waals surface area contributed by atoms with Crippen molar-refractivity contribution in [3.05, 3.63) is 200 Å². The zero-order valence-electron chi connectivity index (χ0n) is 28.4. The van der Waals surface area contributed by atoms with Crippen LogP contribution in [0.2, 0.25) is 0 Å². The summed E-state index contributed by atoms with van der Waals surface area (Å²) >= 11 is 1.87. The molecule has 0 fully saturated rings. The Labute approximate surface area is 307 Å². The van der Waals surface area contributed by atoms with Crippen molar-refractivity contribution in [2.75, 3.05) is 4.90 Å². The van der Waals surface area contributed by atoms with E-state index in [1.165, 1.54) is 80.8 Å². The normalized spacial score (nSPS) is 11.5. The van der Waals surface area contributed by atoms with E-state index in [9.17, 15) is 0 Å². The van der Waals surface area contributed by atoms with Crippen LogP contribution in [0, 0.1) is 0 Å². The van der Waals surface area contributed by atoms with Crippen molar-refractivity contribution in [1.29, 1.82) is 0 Å². The molecule has 0 saturated carbocycles. The summed E-state index contributed by atoms with van der Waals surface area (Å²) in [7, 11) is 0. The number of nitrogens with zero attached hydrogens (tertiary/aromatic N) is 1. The van der Waals surface area contributed by atoms with Crippen LogP contribution >= 0.6 is 11.3 Å². The van der Waals surface area contributed by atoms with Crippen molar-refractivity contribution in [2.45, 2.75) is 0 Å². The van der Waals surface area contributed by atoms with Gasteiger partial charge in [-0.1, -0.05) is 164 Å². The number of anilines is 3. The zero-order chi connectivity index (χ0) is 34.4. The highest BCUT2D eigenvalue weighted by Crippen LogP contribution is 2.49. The summed E-state index contributed by atoms with van der Waals surface area (Å²) in [5.74, 6) is 0. The molecule has 1 nitrogen and oxygen atoms in total. The molecule has 2 heteroatoms. The number of rotatable bonds is 6. The third-order valence-corrected chi connectivity index (χ3v) is 11.5. The van der Waals surface area contributed by atoms with E-state index in [-0.39, 0.29) is 0 Å². The molecule has 9 aromatic carbocycles. The summed E-state index contributed by atoms with van der Waals surface area (Å²) < 4.78 is 2.57. The molecule has 1 aromatic heterocycles. The van der Waals surface area contributed by atoms with E-state index < -0.39 is 0 Å². The van der Waals surface area contributed by atoms with Crippen LogP contribution in [0.15, 0.2) is 200 Å². The minimum absolute atomic E-state index is 1.11. The molecule has 0 aliphatic carbocycles. The van der Waals surface area contributed by atoms with Gasteiger partial charge in [-0.05, 0) is 85.8 Å². The van der Waals surface area contributed by atoms with Crippen LogP contribution in [0.1, 0.15) is 0 Å². The third-order valence-electron chi connectivity index (χ3n) is 10.3. The molecular weight excluding hydrogens is 647 g/mol. The van der Waals surface area contributed by atoms with Crippen molar-refractivity contribution in [2.24, 2.45) is 0 Å². The van der Waals surface area contributed by atoms with Gasteiger partial charge in [0, 0.05) is 26.7 Å². The van der Waals surface area contributed by atoms with E-state index in [0.717, 1.165) is 11.4 Å². The lowest BCUT2D eigenvalue weighted by atomic mass is 9.91. The van der Waals surface area contributed by atoms with Crippen molar-refractivity contribution >= 4 is 70.1 Å². The summed E-state index contributed by atoms with van der Waals surface area (Å²) in [5.41, 5.74) is 10.6. The highest BCUT2D eigenvalue weighted by Gasteiger charge is 2.22. The Kier molecular flexibility index (Phi) is 7.41. The van der Waals surface area contributed by atoms with Gasteiger partial charge in [0.05, 0.1) is 16.1 Å². The molecule has 0 aliphatic rings. The van der Waals surface area contributed by atoms with Gasteiger partial charge in [0.1, 0.15) is 0 Å². The predicted molar refractivity (Wildman–Crippen MR) is 225 cm³/mol. The number of hydrogen-bond donors (Lipinski definition) is 0. The van der Waals surface area contributed by atoms with Crippen LogP contribution in [0.4, 0.5) is 17.1 Å². The van der Waals surface area contributed by atoms with Gasteiger partial charge in [0.25, 0.3) is 0 Å². The molecule has 1 heterocycles. The summed E-state index contributed by atoms with van der Waals surface area (Å²) in [6.45, 7) is 0. The van der Waals surface area contributed by atoms with Gasteiger partial charge >= 0.3 is 0 Å². The molecule has 10 aromatic rings. The maximum Gasteiger partial charge on any atom is 0.0640 e. The fraction of sp³-hybridized carbons (Fsp3) is 0. The Morgan fingerprint density at radius 1 is 0.327 bits per heavy atom. The summed E-state index contributed by atoms with van der Waals surface area (Å²) in [4.78, 5) is 2.49. The van der Waals surface area contributed by atoms with Crippen LogP contribution in [-0.2, 0) is 0 Å². The van der Waals surface area contributed by atoms with Gasteiger partial charge in [-0.2, -0.15) is 0 Å². The third kappa shape index (κ3) is 5.16. The summed E-state index contributed by atoms with van der Waals surface area (Å²) in [6, 6.07) is 73.0. The largest absolute Gasteiger partial charge is 0.308 e. The van der Waals surface area contributed by atoms with E-state index in [4.69, 9.17) is 0 Å². The maximum atomic E-state index is 2.49. The van der Waals surface area contributed by atoms with Crippen LogP contribution in [0.5, 0.6) is 0 Å². The first-order chi connectivity index (χ1) is 25.8. The van der Waals surface area contributed by atoms with Gasteiger partial charge in [-0.15, -0.1) is 11.3 Å². The maximum absolute atomic E-state index is 2.49. The second-order valence-electron chi connectivity index (χ2n) is 13.3. The lowest BCUT2D eigenvalue weighted by molar-refractivity contribution is 1.30. The van der Waals surface area contributed by atoms with Gasteiger partial charge < -0.3 is 4.90 Å². The SMILES string of the molecule is c1ccc(-c2ccc(N(c3cc(-c4cc5ccccc5c5ccccc45)ccc3-c3ccccc3)c3cccc4c3sc3ccccc34)cc2)cc1. The number of thiophene rings is 1.